The number of halogens is 2. The molecule has 2 rings (SSSR count). The first-order valence-electron chi connectivity index (χ1n) is 6.57. The number of nitrogens with one attached hydrogen (secondary N) is 1. The van der Waals surface area contributed by atoms with Crippen LogP contribution in [0.1, 0.15) is 38.7 Å². The first kappa shape index (κ1) is 14.6. The molecule has 102 valence electrons. The van der Waals surface area contributed by atoms with Crippen molar-refractivity contribution in [2.45, 2.75) is 33.1 Å². The van der Waals surface area contributed by atoms with Gasteiger partial charge in [0.2, 0.25) is 0 Å². The predicted molar refractivity (Wildman–Crippen MR) is 87.3 cm³/mol. The zero-order valence-corrected chi connectivity index (χ0v) is 13.8. The van der Waals surface area contributed by atoms with Gasteiger partial charge in [0.15, 0.2) is 0 Å². The minimum atomic E-state index is 0.436. The number of pyridine rings is 1. The molecular formula is C15H18BrClN2. The molecule has 0 aliphatic carbocycles. The third kappa shape index (κ3) is 3.03. The molecule has 4 heteroatoms. The number of hydrogen-bond acceptors (Lipinski definition) is 2. The molecule has 2 nitrogen and oxygen atoms in total. The van der Waals surface area contributed by atoms with Crippen molar-refractivity contribution in [2.75, 3.05) is 11.9 Å². The SMILES string of the molecule is CCCNc1nc2c(Br)c(Cl)ccc2cc1C(C)C. The highest BCUT2D eigenvalue weighted by Crippen LogP contribution is 2.34. The number of aromatic nitrogens is 1. The van der Waals surface area contributed by atoms with Gasteiger partial charge in [0.05, 0.1) is 15.0 Å². The van der Waals surface area contributed by atoms with E-state index in [-0.39, 0.29) is 0 Å². The van der Waals surface area contributed by atoms with E-state index >= 15 is 0 Å². The molecule has 1 heterocycles. The van der Waals surface area contributed by atoms with E-state index in [4.69, 9.17) is 16.6 Å². The highest BCUT2D eigenvalue weighted by Gasteiger charge is 2.12. The van der Waals surface area contributed by atoms with Gasteiger partial charge in [0, 0.05) is 11.9 Å². The van der Waals surface area contributed by atoms with Crippen molar-refractivity contribution < 1.29 is 0 Å². The number of nitrogens with zero attached hydrogens (tertiary/aromatic N) is 1. The van der Waals surface area contributed by atoms with Gasteiger partial charge < -0.3 is 5.32 Å². The quantitative estimate of drug-likeness (QED) is 0.783. The Morgan fingerprint density at radius 3 is 2.74 bits per heavy atom. The summed E-state index contributed by atoms with van der Waals surface area (Å²) in [5.74, 6) is 1.40. The van der Waals surface area contributed by atoms with E-state index in [9.17, 15) is 0 Å². The molecule has 1 N–H and O–H groups in total. The summed E-state index contributed by atoms with van der Waals surface area (Å²) in [5, 5.41) is 5.21. The van der Waals surface area contributed by atoms with Gasteiger partial charge >= 0.3 is 0 Å². The molecule has 1 aromatic heterocycles. The van der Waals surface area contributed by atoms with Crippen molar-refractivity contribution in [1.82, 2.24) is 4.98 Å². The minimum Gasteiger partial charge on any atom is -0.370 e. The molecule has 0 unspecified atom stereocenters. The zero-order valence-electron chi connectivity index (χ0n) is 11.4. The second-order valence-corrected chi connectivity index (χ2v) is 6.14. The van der Waals surface area contributed by atoms with Crippen LogP contribution in [-0.4, -0.2) is 11.5 Å². The molecule has 0 saturated carbocycles. The van der Waals surface area contributed by atoms with Crippen LogP contribution in [0, 0.1) is 0 Å². The van der Waals surface area contributed by atoms with Crippen molar-refractivity contribution in [3.05, 3.63) is 33.3 Å². The van der Waals surface area contributed by atoms with Gasteiger partial charge in [-0.2, -0.15) is 0 Å². The van der Waals surface area contributed by atoms with Gasteiger partial charge in [0.25, 0.3) is 0 Å². The fraction of sp³-hybridized carbons (Fsp3) is 0.400. The summed E-state index contributed by atoms with van der Waals surface area (Å²) in [4.78, 5) is 4.75. The van der Waals surface area contributed by atoms with E-state index in [2.05, 4.69) is 48.1 Å². The molecule has 19 heavy (non-hydrogen) atoms. The van der Waals surface area contributed by atoms with Crippen molar-refractivity contribution >= 4 is 44.3 Å². The van der Waals surface area contributed by atoms with Crippen LogP contribution < -0.4 is 5.32 Å². The van der Waals surface area contributed by atoms with E-state index in [1.165, 1.54) is 5.56 Å². The summed E-state index contributed by atoms with van der Waals surface area (Å²) in [6.45, 7) is 7.45. The smallest absolute Gasteiger partial charge is 0.130 e. The lowest BCUT2D eigenvalue weighted by molar-refractivity contribution is 0.856. The molecule has 2 aromatic rings. The first-order valence-corrected chi connectivity index (χ1v) is 7.74. The zero-order chi connectivity index (χ0) is 14.0. The van der Waals surface area contributed by atoms with Crippen LogP contribution in [0.3, 0.4) is 0 Å². The Morgan fingerprint density at radius 2 is 2.11 bits per heavy atom. The van der Waals surface area contributed by atoms with E-state index in [0.717, 1.165) is 34.2 Å². The van der Waals surface area contributed by atoms with Crippen LogP contribution in [0.2, 0.25) is 5.02 Å². The maximum Gasteiger partial charge on any atom is 0.130 e. The van der Waals surface area contributed by atoms with Crippen LogP contribution in [0.5, 0.6) is 0 Å². The monoisotopic (exact) mass is 340 g/mol. The van der Waals surface area contributed by atoms with E-state index < -0.39 is 0 Å². The molecular weight excluding hydrogens is 324 g/mol. The normalized spacial score (nSPS) is 11.3. The lowest BCUT2D eigenvalue weighted by Crippen LogP contribution is -2.06. The topological polar surface area (TPSA) is 24.9 Å². The van der Waals surface area contributed by atoms with Crippen molar-refractivity contribution in [3.63, 3.8) is 0 Å². The maximum absolute atomic E-state index is 6.14. The Labute approximate surface area is 127 Å². The minimum absolute atomic E-state index is 0.436. The van der Waals surface area contributed by atoms with Crippen LogP contribution in [0.15, 0.2) is 22.7 Å². The summed E-state index contributed by atoms with van der Waals surface area (Å²) in [6, 6.07) is 6.12. The average molecular weight is 342 g/mol. The van der Waals surface area contributed by atoms with Crippen LogP contribution in [-0.2, 0) is 0 Å². The molecule has 0 fully saturated rings. The summed E-state index contributed by atoms with van der Waals surface area (Å²) in [7, 11) is 0. The van der Waals surface area contributed by atoms with Gasteiger partial charge in [-0.3, -0.25) is 0 Å². The number of hydrogen-bond donors (Lipinski definition) is 1. The summed E-state index contributed by atoms with van der Waals surface area (Å²) < 4.78 is 0.863. The lowest BCUT2D eigenvalue weighted by Gasteiger charge is -2.15. The lowest BCUT2D eigenvalue weighted by atomic mass is 10.0. The van der Waals surface area contributed by atoms with E-state index in [1.54, 1.807) is 0 Å². The Hall–Kier alpha value is -0.800. The van der Waals surface area contributed by atoms with Gasteiger partial charge in [-0.25, -0.2) is 4.98 Å². The highest BCUT2D eigenvalue weighted by atomic mass is 79.9. The summed E-state index contributed by atoms with van der Waals surface area (Å²) in [6.07, 6.45) is 1.08. The average Bonchev–Trinajstić information content (AvgIpc) is 2.40. The van der Waals surface area contributed by atoms with Gasteiger partial charge in [-0.05, 0) is 46.0 Å². The van der Waals surface area contributed by atoms with Crippen molar-refractivity contribution in [3.8, 4) is 0 Å². The largest absolute Gasteiger partial charge is 0.370 e. The molecule has 0 saturated heterocycles. The van der Waals surface area contributed by atoms with Gasteiger partial charge in [-0.15, -0.1) is 0 Å². The van der Waals surface area contributed by atoms with E-state index in [1.807, 2.05) is 12.1 Å². The van der Waals surface area contributed by atoms with Crippen molar-refractivity contribution in [2.24, 2.45) is 0 Å². The fourth-order valence-electron chi connectivity index (χ4n) is 2.02. The Kier molecular flexibility index (Phi) is 4.69. The van der Waals surface area contributed by atoms with Crippen LogP contribution in [0.25, 0.3) is 10.9 Å². The Morgan fingerprint density at radius 1 is 1.37 bits per heavy atom. The molecule has 0 aliphatic rings. The summed E-state index contributed by atoms with van der Waals surface area (Å²) in [5.41, 5.74) is 2.16. The molecule has 0 aliphatic heterocycles. The summed E-state index contributed by atoms with van der Waals surface area (Å²) >= 11 is 9.66. The third-order valence-electron chi connectivity index (χ3n) is 3.07. The molecule has 0 bridgehead atoms. The third-order valence-corrected chi connectivity index (χ3v) is 4.42. The van der Waals surface area contributed by atoms with Crippen LogP contribution >= 0.6 is 27.5 Å². The maximum atomic E-state index is 6.14. The number of fused-ring (bicyclic) bond motifs is 1. The number of rotatable bonds is 4. The van der Waals surface area contributed by atoms with Gasteiger partial charge in [-0.1, -0.05) is 38.4 Å². The Bertz CT molecular complexity index is 596. The number of anilines is 1. The number of benzene rings is 1. The molecule has 0 atom stereocenters. The molecule has 0 spiro atoms. The second-order valence-electron chi connectivity index (χ2n) is 4.94. The van der Waals surface area contributed by atoms with Crippen molar-refractivity contribution in [1.29, 1.82) is 0 Å². The van der Waals surface area contributed by atoms with Crippen LogP contribution in [0.4, 0.5) is 5.82 Å². The predicted octanol–water partition coefficient (Wildman–Crippen LogP) is 5.60. The fourth-order valence-corrected chi connectivity index (χ4v) is 2.62. The van der Waals surface area contributed by atoms with E-state index in [0.29, 0.717) is 10.9 Å². The standard InChI is InChI=1S/C15H18BrClN2/c1-4-7-18-15-11(9(2)3)8-10-5-6-12(17)13(16)14(10)19-15/h5-6,8-9H,4,7H2,1-3H3,(H,18,19). The molecule has 0 amide bonds. The molecule has 1 aromatic carbocycles. The van der Waals surface area contributed by atoms with Gasteiger partial charge in [0.1, 0.15) is 5.82 Å². The highest BCUT2D eigenvalue weighted by molar-refractivity contribution is 9.10. The Balaban J connectivity index is 2.62. The first-order chi connectivity index (χ1) is 9.04. The molecule has 0 radical (unpaired) electrons. The second kappa shape index (κ2) is 6.10.